The van der Waals surface area contributed by atoms with Gasteiger partial charge >= 0.3 is 11.9 Å². The lowest BCUT2D eigenvalue weighted by atomic mass is 9.87. The SMILES string of the molecule is C=COC(=O)[C@H]1[C@H]2[C@@H]1[C@](N[C@H](C)c1ccccc1)(C(=O)OCC)C[C@@H]2O. The first-order chi connectivity index (χ1) is 12.5. The molecule has 2 aliphatic rings. The molecule has 1 aromatic rings. The number of aliphatic hydroxyl groups is 1. The van der Waals surface area contributed by atoms with Crippen LogP contribution in [-0.4, -0.2) is 35.3 Å². The number of carbonyl (C=O) groups is 2. The lowest BCUT2D eigenvalue weighted by Gasteiger charge is -2.34. The second-order valence-corrected chi connectivity index (χ2v) is 6.97. The minimum absolute atomic E-state index is 0.150. The molecule has 0 amide bonds. The van der Waals surface area contributed by atoms with Crippen molar-refractivity contribution in [2.45, 2.75) is 38.0 Å². The van der Waals surface area contributed by atoms with Gasteiger partial charge in [0, 0.05) is 24.3 Å². The standard InChI is InChI=1S/C20H25NO5/c1-4-25-18(23)16-15-14(22)11-20(17(15)16,19(24)26-5-2)21-12(3)13-9-7-6-8-10-13/h4,6-10,12,14-17,21-22H,1,5,11H2,2-3H3/t12-,14+,15+,16+,17+,20+/m1/s1. The van der Waals surface area contributed by atoms with Gasteiger partial charge in [-0.25, -0.2) is 0 Å². The largest absolute Gasteiger partial charge is 0.465 e. The Morgan fingerprint density at radius 1 is 1.42 bits per heavy atom. The summed E-state index contributed by atoms with van der Waals surface area (Å²) in [5.41, 5.74) is -0.0970. The predicted molar refractivity (Wildman–Crippen MR) is 94.7 cm³/mol. The van der Waals surface area contributed by atoms with Gasteiger partial charge in [0.1, 0.15) is 5.54 Å². The van der Waals surface area contributed by atoms with E-state index in [4.69, 9.17) is 9.47 Å². The highest BCUT2D eigenvalue weighted by Crippen LogP contribution is 2.63. The molecule has 0 aromatic heterocycles. The van der Waals surface area contributed by atoms with Crippen LogP contribution in [-0.2, 0) is 19.1 Å². The lowest BCUT2D eigenvalue weighted by molar-refractivity contribution is -0.154. The van der Waals surface area contributed by atoms with Gasteiger partial charge < -0.3 is 14.6 Å². The zero-order valence-electron chi connectivity index (χ0n) is 15.1. The van der Waals surface area contributed by atoms with E-state index in [0.29, 0.717) is 0 Å². The molecule has 2 N–H and O–H groups in total. The van der Waals surface area contributed by atoms with Crippen molar-refractivity contribution in [3.63, 3.8) is 0 Å². The Kier molecular flexibility index (Phi) is 5.16. The third-order valence-corrected chi connectivity index (χ3v) is 5.50. The molecule has 140 valence electrons. The van der Waals surface area contributed by atoms with Crippen molar-refractivity contribution in [2.75, 3.05) is 6.61 Å². The summed E-state index contributed by atoms with van der Waals surface area (Å²) in [6.07, 6.45) is 0.535. The summed E-state index contributed by atoms with van der Waals surface area (Å²) in [5, 5.41) is 13.9. The number of benzene rings is 1. The van der Waals surface area contributed by atoms with E-state index >= 15 is 0 Å². The van der Waals surface area contributed by atoms with Crippen LogP contribution in [0.1, 0.15) is 31.9 Å². The molecule has 26 heavy (non-hydrogen) atoms. The van der Waals surface area contributed by atoms with Crippen LogP contribution < -0.4 is 5.32 Å². The van der Waals surface area contributed by atoms with Crippen LogP contribution in [0.25, 0.3) is 0 Å². The third-order valence-electron chi connectivity index (χ3n) is 5.50. The van der Waals surface area contributed by atoms with Crippen molar-refractivity contribution in [2.24, 2.45) is 17.8 Å². The minimum Gasteiger partial charge on any atom is -0.465 e. The molecular formula is C20H25NO5. The van der Waals surface area contributed by atoms with Crippen molar-refractivity contribution < 1.29 is 24.2 Å². The second kappa shape index (κ2) is 7.21. The number of fused-ring (bicyclic) bond motifs is 1. The molecule has 2 fully saturated rings. The maximum Gasteiger partial charge on any atom is 0.326 e. The van der Waals surface area contributed by atoms with Crippen molar-refractivity contribution in [1.82, 2.24) is 5.32 Å². The Labute approximate surface area is 153 Å². The van der Waals surface area contributed by atoms with Crippen LogP contribution in [0.2, 0.25) is 0 Å². The maximum absolute atomic E-state index is 12.9. The summed E-state index contributed by atoms with van der Waals surface area (Å²) in [6, 6.07) is 9.57. The number of hydrogen-bond donors (Lipinski definition) is 2. The fourth-order valence-corrected chi connectivity index (χ4v) is 4.42. The summed E-state index contributed by atoms with van der Waals surface area (Å²) in [4.78, 5) is 25.1. The molecule has 2 aliphatic carbocycles. The number of ether oxygens (including phenoxy) is 2. The zero-order valence-corrected chi connectivity index (χ0v) is 15.1. The van der Waals surface area contributed by atoms with Crippen LogP contribution in [0.3, 0.4) is 0 Å². The van der Waals surface area contributed by atoms with Crippen LogP contribution in [0.5, 0.6) is 0 Å². The predicted octanol–water partition coefficient (Wildman–Crippen LogP) is 1.95. The van der Waals surface area contributed by atoms with E-state index in [2.05, 4.69) is 11.9 Å². The summed E-state index contributed by atoms with van der Waals surface area (Å²) in [7, 11) is 0. The smallest absolute Gasteiger partial charge is 0.326 e. The normalized spacial score (nSPS) is 33.0. The first-order valence-corrected chi connectivity index (χ1v) is 8.95. The highest BCUT2D eigenvalue weighted by atomic mass is 16.5. The van der Waals surface area contributed by atoms with Gasteiger partial charge in [-0.15, -0.1) is 0 Å². The van der Waals surface area contributed by atoms with E-state index < -0.39 is 29.5 Å². The molecule has 6 atom stereocenters. The molecule has 0 unspecified atom stereocenters. The van der Waals surface area contributed by atoms with E-state index in [1.165, 1.54) is 0 Å². The Bertz CT molecular complexity index is 691. The van der Waals surface area contributed by atoms with E-state index in [9.17, 15) is 14.7 Å². The van der Waals surface area contributed by atoms with Gasteiger partial charge in [0.2, 0.25) is 0 Å². The van der Waals surface area contributed by atoms with Gasteiger partial charge in [-0.1, -0.05) is 36.9 Å². The first-order valence-electron chi connectivity index (χ1n) is 8.95. The number of carbonyl (C=O) groups excluding carboxylic acids is 2. The fourth-order valence-electron chi connectivity index (χ4n) is 4.42. The van der Waals surface area contributed by atoms with Crippen LogP contribution >= 0.6 is 0 Å². The fraction of sp³-hybridized carbons (Fsp3) is 0.500. The van der Waals surface area contributed by atoms with Gasteiger partial charge in [0.05, 0.1) is 24.9 Å². The maximum atomic E-state index is 12.9. The van der Waals surface area contributed by atoms with Gasteiger partial charge in [-0.05, 0) is 19.4 Å². The van der Waals surface area contributed by atoms with Crippen LogP contribution in [0.4, 0.5) is 0 Å². The molecule has 0 bridgehead atoms. The quantitative estimate of drug-likeness (QED) is 0.572. The minimum atomic E-state index is -1.11. The Morgan fingerprint density at radius 3 is 2.73 bits per heavy atom. The second-order valence-electron chi connectivity index (χ2n) is 6.97. The van der Waals surface area contributed by atoms with Crippen molar-refractivity contribution >= 4 is 11.9 Å². The topological polar surface area (TPSA) is 84.9 Å². The number of nitrogens with one attached hydrogen (secondary N) is 1. The molecule has 6 nitrogen and oxygen atoms in total. The Hall–Kier alpha value is -2.18. The van der Waals surface area contributed by atoms with E-state index in [1.54, 1.807) is 6.92 Å². The van der Waals surface area contributed by atoms with Gasteiger partial charge in [0.15, 0.2) is 0 Å². The molecule has 0 spiro atoms. The van der Waals surface area contributed by atoms with Crippen molar-refractivity contribution in [3.05, 3.63) is 48.7 Å². The molecule has 3 rings (SSSR count). The molecule has 0 aliphatic heterocycles. The summed E-state index contributed by atoms with van der Waals surface area (Å²) in [5.74, 6) is -2.08. The van der Waals surface area contributed by atoms with E-state index in [-0.39, 0.29) is 30.9 Å². The molecule has 2 saturated carbocycles. The van der Waals surface area contributed by atoms with Crippen molar-refractivity contribution in [3.8, 4) is 0 Å². The molecule has 6 heteroatoms. The summed E-state index contributed by atoms with van der Waals surface area (Å²) < 4.78 is 10.2. The number of aliphatic hydroxyl groups excluding tert-OH is 1. The van der Waals surface area contributed by atoms with Gasteiger partial charge in [0.25, 0.3) is 0 Å². The zero-order chi connectivity index (χ0) is 18.9. The lowest BCUT2D eigenvalue weighted by Crippen LogP contribution is -2.56. The molecule has 0 saturated heterocycles. The van der Waals surface area contributed by atoms with Gasteiger partial charge in [-0.3, -0.25) is 14.9 Å². The van der Waals surface area contributed by atoms with E-state index in [0.717, 1.165) is 11.8 Å². The highest BCUT2D eigenvalue weighted by molar-refractivity contribution is 5.87. The van der Waals surface area contributed by atoms with Gasteiger partial charge in [-0.2, -0.15) is 0 Å². The molecule has 0 radical (unpaired) electrons. The number of esters is 2. The summed E-state index contributed by atoms with van der Waals surface area (Å²) in [6.45, 7) is 7.33. The monoisotopic (exact) mass is 359 g/mol. The Morgan fingerprint density at radius 2 is 2.12 bits per heavy atom. The van der Waals surface area contributed by atoms with Crippen LogP contribution in [0.15, 0.2) is 43.2 Å². The number of rotatable bonds is 7. The highest BCUT2D eigenvalue weighted by Gasteiger charge is 2.75. The number of hydrogen-bond acceptors (Lipinski definition) is 6. The average molecular weight is 359 g/mol. The average Bonchev–Trinajstić information content (AvgIpc) is 3.32. The summed E-state index contributed by atoms with van der Waals surface area (Å²) >= 11 is 0. The van der Waals surface area contributed by atoms with Crippen LogP contribution in [0, 0.1) is 17.8 Å². The molecule has 0 heterocycles. The molecule has 1 aromatic carbocycles. The van der Waals surface area contributed by atoms with E-state index in [1.807, 2.05) is 37.3 Å². The third kappa shape index (κ3) is 3.04. The first kappa shape index (κ1) is 18.6. The van der Waals surface area contributed by atoms with Crippen molar-refractivity contribution in [1.29, 1.82) is 0 Å². The molecular weight excluding hydrogens is 334 g/mol. The Balaban J connectivity index is 1.89.